The predicted molar refractivity (Wildman–Crippen MR) is 67.0 cm³/mol. The smallest absolute Gasteiger partial charge is 0.170 e. The molecule has 1 aromatic carbocycles. The van der Waals surface area contributed by atoms with E-state index in [-0.39, 0.29) is 17.8 Å². The minimum atomic E-state index is -0.699. The first kappa shape index (κ1) is 13.4. The molecule has 0 N–H and O–H groups in total. The zero-order valence-corrected chi connectivity index (χ0v) is 10.8. The summed E-state index contributed by atoms with van der Waals surface area (Å²) in [6.07, 6.45) is 1.89. The van der Waals surface area contributed by atoms with E-state index in [1.165, 1.54) is 10.7 Å². The van der Waals surface area contributed by atoms with E-state index in [2.05, 4.69) is 5.10 Å². The van der Waals surface area contributed by atoms with Crippen molar-refractivity contribution in [2.75, 3.05) is 0 Å². The molecule has 2 rings (SSSR count). The van der Waals surface area contributed by atoms with E-state index in [1.807, 2.05) is 6.92 Å². The average Bonchev–Trinajstić information content (AvgIpc) is 2.75. The third-order valence-corrected chi connectivity index (χ3v) is 2.94. The molecule has 2 aromatic rings. The quantitative estimate of drug-likeness (QED) is 0.796. The van der Waals surface area contributed by atoms with Crippen molar-refractivity contribution in [1.82, 2.24) is 9.78 Å². The van der Waals surface area contributed by atoms with E-state index >= 15 is 0 Å². The second kappa shape index (κ2) is 5.30. The first-order chi connectivity index (χ1) is 9.02. The minimum absolute atomic E-state index is 0.196. The summed E-state index contributed by atoms with van der Waals surface area (Å²) in [6, 6.07) is 3.57. The Morgan fingerprint density at radius 2 is 1.95 bits per heavy atom. The summed E-state index contributed by atoms with van der Waals surface area (Å²) in [6.45, 7) is 1.88. The number of rotatable bonds is 4. The zero-order chi connectivity index (χ0) is 14.0. The summed E-state index contributed by atoms with van der Waals surface area (Å²) in [5, 5.41) is 4.15. The number of Topliss-reactive ketones (excluding diaryl/α,β-unsaturated/α-hetero) is 1. The van der Waals surface area contributed by atoms with Crippen LogP contribution in [0.2, 0.25) is 0 Å². The lowest BCUT2D eigenvalue weighted by atomic mass is 10.0. The number of carbonyl (C=O) groups excluding carboxylic acids is 1. The highest BCUT2D eigenvalue weighted by atomic mass is 19.1. The second-order valence-electron chi connectivity index (χ2n) is 4.32. The molecule has 0 fully saturated rings. The van der Waals surface area contributed by atoms with E-state index in [9.17, 15) is 13.6 Å². The molecule has 3 nitrogen and oxygen atoms in total. The molecule has 0 aliphatic rings. The summed E-state index contributed by atoms with van der Waals surface area (Å²) in [5.41, 5.74) is 0.871. The van der Waals surface area contributed by atoms with Crippen LogP contribution in [0.5, 0.6) is 0 Å². The van der Waals surface area contributed by atoms with Gasteiger partial charge in [0, 0.05) is 25.2 Å². The molecule has 1 heterocycles. The highest BCUT2D eigenvalue weighted by Crippen LogP contribution is 2.17. The summed E-state index contributed by atoms with van der Waals surface area (Å²) in [5.74, 6) is -1.72. The van der Waals surface area contributed by atoms with E-state index in [4.69, 9.17) is 0 Å². The number of carbonyl (C=O) groups is 1. The Hall–Kier alpha value is -2.04. The Morgan fingerprint density at radius 3 is 2.53 bits per heavy atom. The van der Waals surface area contributed by atoms with Crippen molar-refractivity contribution in [2.45, 2.75) is 19.8 Å². The summed E-state index contributed by atoms with van der Waals surface area (Å²) in [7, 11) is 1.71. The fourth-order valence-electron chi connectivity index (χ4n) is 1.99. The molecule has 0 unspecified atom stereocenters. The van der Waals surface area contributed by atoms with Crippen LogP contribution in [-0.4, -0.2) is 15.6 Å². The maximum absolute atomic E-state index is 13.5. The van der Waals surface area contributed by atoms with Gasteiger partial charge in [-0.3, -0.25) is 9.48 Å². The lowest BCUT2D eigenvalue weighted by molar-refractivity contribution is 0.0989. The molecular formula is C14H14F2N2O. The molecule has 0 amide bonds. The van der Waals surface area contributed by atoms with Gasteiger partial charge in [-0.2, -0.15) is 5.10 Å². The van der Waals surface area contributed by atoms with Crippen molar-refractivity contribution in [3.8, 4) is 0 Å². The molecule has 5 heteroatoms. The van der Waals surface area contributed by atoms with Crippen molar-refractivity contribution >= 4 is 5.78 Å². The van der Waals surface area contributed by atoms with Crippen LogP contribution < -0.4 is 0 Å². The van der Waals surface area contributed by atoms with E-state index < -0.39 is 11.6 Å². The van der Waals surface area contributed by atoms with E-state index in [0.717, 1.165) is 12.1 Å². The van der Waals surface area contributed by atoms with Gasteiger partial charge >= 0.3 is 0 Å². The van der Waals surface area contributed by atoms with Crippen molar-refractivity contribution in [3.63, 3.8) is 0 Å². The van der Waals surface area contributed by atoms with Crippen LogP contribution >= 0.6 is 0 Å². The second-order valence-corrected chi connectivity index (χ2v) is 4.32. The van der Waals surface area contributed by atoms with Gasteiger partial charge in [0.2, 0.25) is 0 Å². The van der Waals surface area contributed by atoms with Gasteiger partial charge in [-0.15, -0.1) is 0 Å². The molecule has 0 spiro atoms. The van der Waals surface area contributed by atoms with E-state index in [0.29, 0.717) is 17.7 Å². The number of hydrogen-bond donors (Lipinski definition) is 0. The molecule has 0 bridgehead atoms. The molecule has 0 atom stereocenters. The van der Waals surface area contributed by atoms with Crippen LogP contribution in [0.4, 0.5) is 8.78 Å². The van der Waals surface area contributed by atoms with Crippen LogP contribution in [0, 0.1) is 11.6 Å². The predicted octanol–water partition coefficient (Wildman–Crippen LogP) is 2.69. The molecule has 0 saturated carbocycles. The van der Waals surface area contributed by atoms with Crippen molar-refractivity contribution < 1.29 is 13.6 Å². The van der Waals surface area contributed by atoms with Gasteiger partial charge in [0.15, 0.2) is 5.78 Å². The molecule has 1 aromatic heterocycles. The summed E-state index contributed by atoms with van der Waals surface area (Å²) in [4.78, 5) is 12.1. The standard InChI is InChI=1S/C14H14F2N2O/c1-3-13-10(8-18(2)17-13)14(19)7-9-11(15)5-4-6-12(9)16/h4-6,8H,3,7H2,1-2H3. The number of benzene rings is 1. The lowest BCUT2D eigenvalue weighted by Crippen LogP contribution is -2.08. The fraction of sp³-hybridized carbons (Fsp3) is 0.286. The number of hydrogen-bond acceptors (Lipinski definition) is 2. The van der Waals surface area contributed by atoms with Gasteiger partial charge < -0.3 is 0 Å². The van der Waals surface area contributed by atoms with Gasteiger partial charge in [-0.25, -0.2) is 8.78 Å². The first-order valence-corrected chi connectivity index (χ1v) is 6.01. The van der Waals surface area contributed by atoms with Crippen LogP contribution in [0.1, 0.15) is 28.5 Å². The third-order valence-electron chi connectivity index (χ3n) is 2.94. The molecule has 0 radical (unpaired) electrons. The minimum Gasteiger partial charge on any atom is -0.294 e. The van der Waals surface area contributed by atoms with Gasteiger partial charge in [0.1, 0.15) is 11.6 Å². The number of ketones is 1. The average molecular weight is 264 g/mol. The van der Waals surface area contributed by atoms with Gasteiger partial charge in [-0.05, 0) is 18.6 Å². The molecule has 0 aliphatic carbocycles. The third kappa shape index (κ3) is 2.70. The monoisotopic (exact) mass is 264 g/mol. The van der Waals surface area contributed by atoms with Crippen LogP contribution in [0.25, 0.3) is 0 Å². The number of nitrogens with zero attached hydrogens (tertiary/aromatic N) is 2. The van der Waals surface area contributed by atoms with Gasteiger partial charge in [0.05, 0.1) is 11.3 Å². The van der Waals surface area contributed by atoms with Gasteiger partial charge in [-0.1, -0.05) is 13.0 Å². The van der Waals surface area contributed by atoms with Crippen molar-refractivity contribution in [1.29, 1.82) is 0 Å². The highest BCUT2D eigenvalue weighted by molar-refractivity contribution is 5.98. The first-order valence-electron chi connectivity index (χ1n) is 6.01. The Labute approximate surface area is 109 Å². The Kier molecular flexibility index (Phi) is 3.74. The van der Waals surface area contributed by atoms with Crippen LogP contribution in [0.3, 0.4) is 0 Å². The number of aromatic nitrogens is 2. The Balaban J connectivity index is 2.31. The van der Waals surface area contributed by atoms with E-state index in [1.54, 1.807) is 13.2 Å². The van der Waals surface area contributed by atoms with Crippen LogP contribution in [0.15, 0.2) is 24.4 Å². The normalized spacial score (nSPS) is 10.7. The Morgan fingerprint density at radius 1 is 1.32 bits per heavy atom. The maximum Gasteiger partial charge on any atom is 0.170 e. The van der Waals surface area contributed by atoms with Crippen molar-refractivity contribution in [3.05, 3.63) is 52.9 Å². The number of halogens is 2. The SMILES string of the molecule is CCc1nn(C)cc1C(=O)Cc1c(F)cccc1F. The highest BCUT2D eigenvalue weighted by Gasteiger charge is 2.18. The molecule has 0 aliphatic heterocycles. The van der Waals surface area contributed by atoms with Crippen molar-refractivity contribution in [2.24, 2.45) is 7.05 Å². The fourth-order valence-corrected chi connectivity index (χ4v) is 1.99. The molecule has 100 valence electrons. The molecule has 19 heavy (non-hydrogen) atoms. The summed E-state index contributed by atoms with van der Waals surface area (Å²) < 4.78 is 28.5. The van der Waals surface area contributed by atoms with Gasteiger partial charge in [0.25, 0.3) is 0 Å². The zero-order valence-electron chi connectivity index (χ0n) is 10.8. The lowest BCUT2D eigenvalue weighted by Gasteiger charge is -2.04. The largest absolute Gasteiger partial charge is 0.294 e. The molecular weight excluding hydrogens is 250 g/mol. The molecule has 0 saturated heterocycles. The topological polar surface area (TPSA) is 34.9 Å². The summed E-state index contributed by atoms with van der Waals surface area (Å²) >= 11 is 0. The number of aryl methyl sites for hydroxylation is 2. The maximum atomic E-state index is 13.5. The van der Waals surface area contributed by atoms with Crippen LogP contribution in [-0.2, 0) is 19.9 Å². The Bertz CT molecular complexity index is 600.